The summed E-state index contributed by atoms with van der Waals surface area (Å²) < 4.78 is 14.5. The molecule has 4 rings (SSSR count). The number of hydrogen-bond donors (Lipinski definition) is 1. The molecule has 0 unspecified atom stereocenters. The van der Waals surface area contributed by atoms with Crippen LogP contribution in [0.1, 0.15) is 21.6 Å². The number of benzene rings is 2. The topological polar surface area (TPSA) is 85.1 Å². The second-order valence-corrected chi connectivity index (χ2v) is 6.94. The van der Waals surface area contributed by atoms with Gasteiger partial charge in [0.1, 0.15) is 16.7 Å². The molecule has 9 heteroatoms. The van der Waals surface area contributed by atoms with E-state index in [2.05, 4.69) is 25.8 Å². The highest BCUT2D eigenvalue weighted by atomic mass is 35.5. The van der Waals surface area contributed by atoms with Crippen molar-refractivity contribution in [1.82, 2.24) is 25.4 Å². The van der Waals surface area contributed by atoms with Crippen LogP contribution in [0, 0.1) is 5.82 Å². The largest absolute Gasteiger partial charge is 0.271 e. The molecule has 7 nitrogen and oxygen atoms in total. The summed E-state index contributed by atoms with van der Waals surface area (Å²) in [7, 11) is 0. The van der Waals surface area contributed by atoms with Crippen LogP contribution in [0.4, 0.5) is 4.39 Å². The molecule has 0 aliphatic carbocycles. The molecular weight excluding hydrogens is 419 g/mol. The average molecular weight is 435 g/mol. The molecule has 0 radical (unpaired) electrons. The molecule has 0 aliphatic heterocycles. The normalized spacial score (nSPS) is 11.0. The fourth-order valence-electron chi connectivity index (χ4n) is 2.84. The van der Waals surface area contributed by atoms with Gasteiger partial charge in [-0.05, 0) is 35.9 Å². The number of aromatic nitrogens is 4. The molecule has 0 spiro atoms. The first kappa shape index (κ1) is 20.4. The minimum Gasteiger partial charge on any atom is -0.267 e. The van der Waals surface area contributed by atoms with Crippen molar-refractivity contribution in [3.63, 3.8) is 0 Å². The van der Waals surface area contributed by atoms with Gasteiger partial charge in [0.15, 0.2) is 0 Å². The van der Waals surface area contributed by atoms with Gasteiger partial charge in [-0.25, -0.2) is 19.5 Å². The van der Waals surface area contributed by atoms with Crippen LogP contribution >= 0.6 is 11.6 Å². The fraction of sp³-hybridized carbons (Fsp3) is 0.0455. The first-order chi connectivity index (χ1) is 15.1. The van der Waals surface area contributed by atoms with Crippen molar-refractivity contribution in [2.75, 3.05) is 0 Å². The second-order valence-electron chi connectivity index (χ2n) is 6.59. The second kappa shape index (κ2) is 9.27. The SMILES string of the molecule is O=C(N/N=C/c1cn(Cc2cc(-c3ccccc3)cnc2Cl)nn1)c1ccc(F)cc1. The molecule has 1 N–H and O–H groups in total. The third kappa shape index (κ3) is 5.18. The molecule has 0 saturated heterocycles. The van der Waals surface area contributed by atoms with Crippen LogP contribution < -0.4 is 5.43 Å². The highest BCUT2D eigenvalue weighted by molar-refractivity contribution is 6.30. The highest BCUT2D eigenvalue weighted by Crippen LogP contribution is 2.23. The predicted octanol–water partition coefficient (Wildman–Crippen LogP) is 3.94. The van der Waals surface area contributed by atoms with Crippen LogP contribution in [0.25, 0.3) is 11.1 Å². The molecule has 0 fully saturated rings. The van der Waals surface area contributed by atoms with Crippen LogP contribution in [-0.2, 0) is 6.54 Å². The van der Waals surface area contributed by atoms with E-state index in [1.54, 1.807) is 17.1 Å². The Hall–Kier alpha value is -3.91. The number of hydrogen-bond acceptors (Lipinski definition) is 5. The number of pyridine rings is 1. The van der Waals surface area contributed by atoms with Gasteiger partial charge in [0.25, 0.3) is 5.91 Å². The minimum absolute atomic E-state index is 0.294. The lowest BCUT2D eigenvalue weighted by atomic mass is 10.1. The first-order valence-electron chi connectivity index (χ1n) is 9.27. The number of rotatable bonds is 6. The summed E-state index contributed by atoms with van der Waals surface area (Å²) in [5, 5.41) is 12.3. The molecule has 2 heterocycles. The van der Waals surface area contributed by atoms with Crippen molar-refractivity contribution in [3.8, 4) is 11.1 Å². The van der Waals surface area contributed by atoms with E-state index in [1.165, 1.54) is 30.5 Å². The minimum atomic E-state index is -0.459. The van der Waals surface area contributed by atoms with Crippen molar-refractivity contribution in [2.24, 2.45) is 5.10 Å². The third-order valence-electron chi connectivity index (χ3n) is 4.38. The van der Waals surface area contributed by atoms with Gasteiger partial charge in [-0.3, -0.25) is 4.79 Å². The summed E-state index contributed by atoms with van der Waals surface area (Å²) >= 11 is 6.26. The standard InChI is InChI=1S/C22H16ClFN6O/c23-21-18(10-17(11-25-21)15-4-2-1-3-5-15)13-30-14-20(27-29-30)12-26-28-22(31)16-6-8-19(24)9-7-16/h1-12,14H,13H2,(H,28,31)/b26-12+. The zero-order chi connectivity index (χ0) is 21.6. The van der Waals surface area contributed by atoms with E-state index in [0.717, 1.165) is 16.7 Å². The van der Waals surface area contributed by atoms with Gasteiger partial charge < -0.3 is 0 Å². The lowest BCUT2D eigenvalue weighted by Crippen LogP contribution is -2.17. The number of carbonyl (C=O) groups is 1. The Balaban J connectivity index is 1.42. The Morgan fingerprint density at radius 1 is 1.13 bits per heavy atom. The van der Waals surface area contributed by atoms with E-state index in [1.807, 2.05) is 36.4 Å². The summed E-state index contributed by atoms with van der Waals surface area (Å²) in [6, 6.07) is 17.0. The van der Waals surface area contributed by atoms with Gasteiger partial charge in [0.2, 0.25) is 0 Å². The summed E-state index contributed by atoms with van der Waals surface area (Å²) in [5.41, 5.74) is 5.88. The smallest absolute Gasteiger partial charge is 0.267 e. The van der Waals surface area contributed by atoms with Crippen LogP contribution in [0.5, 0.6) is 0 Å². The Kier molecular flexibility index (Phi) is 6.09. The van der Waals surface area contributed by atoms with E-state index < -0.39 is 11.7 Å². The average Bonchev–Trinajstić information content (AvgIpc) is 3.23. The molecule has 2 aromatic carbocycles. The van der Waals surface area contributed by atoms with Crippen molar-refractivity contribution in [2.45, 2.75) is 6.54 Å². The number of halogens is 2. The molecule has 0 bridgehead atoms. The maximum Gasteiger partial charge on any atom is 0.271 e. The third-order valence-corrected chi connectivity index (χ3v) is 4.72. The number of nitrogens with zero attached hydrogens (tertiary/aromatic N) is 5. The number of nitrogens with one attached hydrogen (secondary N) is 1. The van der Waals surface area contributed by atoms with Gasteiger partial charge in [-0.15, -0.1) is 5.10 Å². The van der Waals surface area contributed by atoms with E-state index in [9.17, 15) is 9.18 Å². The molecule has 4 aromatic rings. The molecule has 154 valence electrons. The van der Waals surface area contributed by atoms with Crippen molar-refractivity contribution in [1.29, 1.82) is 0 Å². The zero-order valence-corrected chi connectivity index (χ0v) is 16.9. The predicted molar refractivity (Wildman–Crippen MR) is 115 cm³/mol. The number of carbonyl (C=O) groups excluding carboxylic acids is 1. The molecule has 0 saturated carbocycles. The molecule has 31 heavy (non-hydrogen) atoms. The van der Waals surface area contributed by atoms with E-state index >= 15 is 0 Å². The highest BCUT2D eigenvalue weighted by Gasteiger charge is 2.08. The van der Waals surface area contributed by atoms with Crippen LogP contribution in [-0.4, -0.2) is 32.1 Å². The summed E-state index contributed by atoms with van der Waals surface area (Å²) in [6.07, 6.45) is 4.76. The lowest BCUT2D eigenvalue weighted by Gasteiger charge is -2.07. The van der Waals surface area contributed by atoms with Gasteiger partial charge in [-0.1, -0.05) is 47.1 Å². The number of amides is 1. The van der Waals surface area contributed by atoms with Gasteiger partial charge in [-0.2, -0.15) is 5.10 Å². The Morgan fingerprint density at radius 3 is 2.68 bits per heavy atom. The zero-order valence-electron chi connectivity index (χ0n) is 16.1. The van der Waals surface area contributed by atoms with E-state index in [-0.39, 0.29) is 0 Å². The van der Waals surface area contributed by atoms with Crippen molar-refractivity contribution in [3.05, 3.63) is 101 Å². The van der Waals surface area contributed by atoms with E-state index in [0.29, 0.717) is 23.0 Å². The quantitative estimate of drug-likeness (QED) is 0.283. The Morgan fingerprint density at radius 2 is 1.90 bits per heavy atom. The summed E-state index contributed by atoms with van der Waals surface area (Å²) in [6.45, 7) is 0.370. The van der Waals surface area contributed by atoms with Crippen LogP contribution in [0.2, 0.25) is 5.15 Å². The molecule has 2 aromatic heterocycles. The Bertz CT molecular complexity index is 1220. The van der Waals surface area contributed by atoms with E-state index in [4.69, 9.17) is 11.6 Å². The molecule has 0 aliphatic rings. The van der Waals surface area contributed by atoms with Gasteiger partial charge >= 0.3 is 0 Å². The van der Waals surface area contributed by atoms with Crippen LogP contribution in [0.15, 0.2) is 78.2 Å². The van der Waals surface area contributed by atoms with Crippen molar-refractivity contribution >= 4 is 23.7 Å². The van der Waals surface area contributed by atoms with Gasteiger partial charge in [0, 0.05) is 22.9 Å². The van der Waals surface area contributed by atoms with Crippen molar-refractivity contribution < 1.29 is 9.18 Å². The lowest BCUT2D eigenvalue weighted by molar-refractivity contribution is 0.0955. The molecular formula is C22H16ClFN6O. The summed E-state index contributed by atoms with van der Waals surface area (Å²) in [4.78, 5) is 16.2. The first-order valence-corrected chi connectivity index (χ1v) is 9.65. The van der Waals surface area contributed by atoms with Crippen LogP contribution in [0.3, 0.4) is 0 Å². The molecule has 1 amide bonds. The maximum atomic E-state index is 12.9. The fourth-order valence-corrected chi connectivity index (χ4v) is 3.00. The van der Waals surface area contributed by atoms with Gasteiger partial charge in [0.05, 0.1) is 19.0 Å². The summed E-state index contributed by atoms with van der Waals surface area (Å²) in [5.74, 6) is -0.875. The Labute approximate surface area is 182 Å². The number of hydrazone groups is 1. The monoisotopic (exact) mass is 434 g/mol. The molecule has 0 atom stereocenters. The maximum absolute atomic E-state index is 12.9.